The summed E-state index contributed by atoms with van der Waals surface area (Å²) >= 11 is 1.36. The first-order valence-electron chi connectivity index (χ1n) is 6.21. The van der Waals surface area contributed by atoms with E-state index in [4.69, 9.17) is 5.11 Å². The van der Waals surface area contributed by atoms with Crippen LogP contribution in [-0.4, -0.2) is 22.0 Å². The van der Waals surface area contributed by atoms with Gasteiger partial charge in [-0.05, 0) is 43.2 Å². The fourth-order valence-corrected chi connectivity index (χ4v) is 2.39. The Hall–Kier alpha value is -2.47. The number of benzene rings is 1. The van der Waals surface area contributed by atoms with E-state index in [1.165, 1.54) is 17.4 Å². The Morgan fingerprint density at radius 2 is 2.10 bits per heavy atom. The third-order valence-electron chi connectivity index (χ3n) is 2.79. The Labute approximate surface area is 126 Å². The summed E-state index contributed by atoms with van der Waals surface area (Å²) in [7, 11) is 0. The van der Waals surface area contributed by atoms with E-state index in [0.29, 0.717) is 16.3 Å². The first-order valence-corrected chi connectivity index (χ1v) is 7.09. The largest absolute Gasteiger partial charge is 0.478 e. The number of rotatable bonds is 4. The Kier molecular flexibility index (Phi) is 4.49. The molecule has 6 heteroatoms. The highest BCUT2D eigenvalue weighted by Gasteiger charge is 2.09. The number of hydrogen-bond acceptors (Lipinski definition) is 4. The molecule has 0 spiro atoms. The van der Waals surface area contributed by atoms with E-state index in [9.17, 15) is 9.59 Å². The fourth-order valence-electron chi connectivity index (χ4n) is 1.70. The predicted molar refractivity (Wildman–Crippen MR) is 82.7 cm³/mol. The van der Waals surface area contributed by atoms with E-state index in [1.54, 1.807) is 18.2 Å². The lowest BCUT2D eigenvalue weighted by Crippen LogP contribution is -2.12. The number of carboxylic acid groups (broad SMARTS) is 1. The highest BCUT2D eigenvalue weighted by molar-refractivity contribution is 7.13. The predicted octanol–water partition coefficient (Wildman–Crippen LogP) is 3.11. The summed E-state index contributed by atoms with van der Waals surface area (Å²) in [5.74, 6) is -1.29. The molecule has 0 bridgehead atoms. The highest BCUT2D eigenvalue weighted by Crippen LogP contribution is 2.17. The van der Waals surface area contributed by atoms with E-state index < -0.39 is 5.97 Å². The topological polar surface area (TPSA) is 79.3 Å². The standard InChI is InChI=1S/C15H14N2O3S/c1-9-3-4-12(7-11(9)5-6-13(18)19)14(20)17-15-16-10(2)8-21-15/h3-8H,1-2H3,(H,18,19)(H,16,17,20)/b6-5+. The van der Waals surface area contributed by atoms with Gasteiger partial charge in [0.05, 0.1) is 5.69 Å². The van der Waals surface area contributed by atoms with Gasteiger partial charge in [0.15, 0.2) is 5.13 Å². The van der Waals surface area contributed by atoms with Gasteiger partial charge in [-0.15, -0.1) is 11.3 Å². The number of carboxylic acids is 1. The third kappa shape index (κ3) is 4.00. The van der Waals surface area contributed by atoms with Gasteiger partial charge in [-0.3, -0.25) is 10.1 Å². The smallest absolute Gasteiger partial charge is 0.328 e. The molecule has 0 aliphatic carbocycles. The lowest BCUT2D eigenvalue weighted by atomic mass is 10.0. The molecule has 0 saturated carbocycles. The van der Waals surface area contributed by atoms with E-state index in [1.807, 2.05) is 19.2 Å². The van der Waals surface area contributed by atoms with Crippen molar-refractivity contribution in [2.24, 2.45) is 0 Å². The average molecular weight is 302 g/mol. The number of aryl methyl sites for hydroxylation is 2. The third-order valence-corrected chi connectivity index (χ3v) is 3.66. The van der Waals surface area contributed by atoms with Crippen LogP contribution in [0.2, 0.25) is 0 Å². The SMILES string of the molecule is Cc1csc(NC(=O)c2ccc(C)c(/C=C/C(=O)O)c2)n1. The second-order valence-corrected chi connectivity index (χ2v) is 5.35. The summed E-state index contributed by atoms with van der Waals surface area (Å²) in [6, 6.07) is 5.14. The molecule has 1 heterocycles. The summed E-state index contributed by atoms with van der Waals surface area (Å²) in [6.07, 6.45) is 2.52. The molecule has 1 aromatic heterocycles. The number of amides is 1. The van der Waals surface area contributed by atoms with Crippen molar-refractivity contribution in [2.75, 3.05) is 5.32 Å². The summed E-state index contributed by atoms with van der Waals surface area (Å²) in [5.41, 5.74) is 2.90. The number of carbonyl (C=O) groups is 2. The maximum absolute atomic E-state index is 12.1. The van der Waals surface area contributed by atoms with E-state index in [0.717, 1.165) is 17.3 Å². The highest BCUT2D eigenvalue weighted by atomic mass is 32.1. The van der Waals surface area contributed by atoms with Crippen LogP contribution >= 0.6 is 11.3 Å². The van der Waals surface area contributed by atoms with Crippen molar-refractivity contribution in [3.8, 4) is 0 Å². The first-order chi connectivity index (χ1) is 9.95. The quantitative estimate of drug-likeness (QED) is 0.850. The van der Waals surface area contributed by atoms with Crippen LogP contribution in [0.3, 0.4) is 0 Å². The van der Waals surface area contributed by atoms with Crippen molar-refractivity contribution in [2.45, 2.75) is 13.8 Å². The van der Waals surface area contributed by atoms with Crippen LogP contribution in [0.5, 0.6) is 0 Å². The van der Waals surface area contributed by atoms with Gasteiger partial charge in [0.1, 0.15) is 0 Å². The molecule has 0 aliphatic heterocycles. The van der Waals surface area contributed by atoms with Gasteiger partial charge in [0.2, 0.25) is 0 Å². The van der Waals surface area contributed by atoms with E-state index >= 15 is 0 Å². The van der Waals surface area contributed by atoms with Crippen LogP contribution in [0, 0.1) is 13.8 Å². The van der Waals surface area contributed by atoms with Gasteiger partial charge in [0.25, 0.3) is 5.91 Å². The molecule has 1 aromatic carbocycles. The maximum Gasteiger partial charge on any atom is 0.328 e. The maximum atomic E-state index is 12.1. The zero-order valence-corrected chi connectivity index (χ0v) is 12.4. The van der Waals surface area contributed by atoms with Crippen LogP contribution < -0.4 is 5.32 Å². The van der Waals surface area contributed by atoms with Gasteiger partial charge in [-0.25, -0.2) is 9.78 Å². The summed E-state index contributed by atoms with van der Waals surface area (Å²) in [6.45, 7) is 3.71. The minimum absolute atomic E-state index is 0.269. The van der Waals surface area contributed by atoms with Crippen molar-refractivity contribution in [1.82, 2.24) is 4.98 Å². The summed E-state index contributed by atoms with van der Waals surface area (Å²) in [5, 5.41) is 13.8. The second kappa shape index (κ2) is 6.32. The number of hydrogen-bond donors (Lipinski definition) is 2. The number of aromatic nitrogens is 1. The zero-order chi connectivity index (χ0) is 15.4. The molecule has 108 valence electrons. The molecule has 5 nitrogen and oxygen atoms in total. The summed E-state index contributed by atoms with van der Waals surface area (Å²) in [4.78, 5) is 26.9. The van der Waals surface area contributed by atoms with Crippen molar-refractivity contribution < 1.29 is 14.7 Å². The van der Waals surface area contributed by atoms with Gasteiger partial charge >= 0.3 is 5.97 Å². The molecule has 0 fully saturated rings. The number of thiazole rings is 1. The molecule has 0 saturated heterocycles. The minimum Gasteiger partial charge on any atom is -0.478 e. The van der Waals surface area contributed by atoms with Crippen molar-refractivity contribution in [1.29, 1.82) is 0 Å². The Morgan fingerprint density at radius 1 is 1.33 bits per heavy atom. The molecule has 2 N–H and O–H groups in total. The molecule has 0 aliphatic rings. The van der Waals surface area contributed by atoms with Gasteiger partial charge < -0.3 is 5.11 Å². The molecule has 0 atom stereocenters. The lowest BCUT2D eigenvalue weighted by molar-refractivity contribution is -0.131. The number of anilines is 1. The first kappa shape index (κ1) is 14.9. The average Bonchev–Trinajstić information content (AvgIpc) is 2.83. The number of carbonyl (C=O) groups excluding carboxylic acids is 1. The van der Waals surface area contributed by atoms with Crippen molar-refractivity contribution in [3.05, 3.63) is 52.0 Å². The molecule has 2 aromatic rings. The number of nitrogens with one attached hydrogen (secondary N) is 1. The van der Waals surface area contributed by atoms with Crippen LogP contribution in [0.25, 0.3) is 6.08 Å². The van der Waals surface area contributed by atoms with Crippen LogP contribution in [0.1, 0.15) is 27.2 Å². The van der Waals surface area contributed by atoms with E-state index in [-0.39, 0.29) is 5.91 Å². The van der Waals surface area contributed by atoms with Crippen LogP contribution in [-0.2, 0) is 4.79 Å². The number of aliphatic carboxylic acids is 1. The van der Waals surface area contributed by atoms with Gasteiger partial charge in [-0.2, -0.15) is 0 Å². The van der Waals surface area contributed by atoms with E-state index in [2.05, 4.69) is 10.3 Å². The lowest BCUT2D eigenvalue weighted by Gasteiger charge is -2.05. The number of nitrogens with zero attached hydrogens (tertiary/aromatic N) is 1. The normalized spacial score (nSPS) is 10.8. The van der Waals surface area contributed by atoms with Gasteiger partial charge in [-0.1, -0.05) is 6.07 Å². The molecular weight excluding hydrogens is 288 g/mol. The minimum atomic E-state index is -1.03. The Balaban J connectivity index is 2.21. The Morgan fingerprint density at radius 3 is 2.71 bits per heavy atom. The Bertz CT molecular complexity index is 719. The second-order valence-electron chi connectivity index (χ2n) is 4.49. The van der Waals surface area contributed by atoms with Crippen molar-refractivity contribution in [3.63, 3.8) is 0 Å². The van der Waals surface area contributed by atoms with Crippen LogP contribution in [0.4, 0.5) is 5.13 Å². The monoisotopic (exact) mass is 302 g/mol. The molecule has 1 amide bonds. The molecule has 2 rings (SSSR count). The zero-order valence-electron chi connectivity index (χ0n) is 11.6. The fraction of sp³-hybridized carbons (Fsp3) is 0.133. The van der Waals surface area contributed by atoms with Gasteiger partial charge in [0, 0.05) is 17.0 Å². The molecule has 0 unspecified atom stereocenters. The molecular formula is C15H14N2O3S. The van der Waals surface area contributed by atoms with Crippen LogP contribution in [0.15, 0.2) is 29.7 Å². The summed E-state index contributed by atoms with van der Waals surface area (Å²) < 4.78 is 0. The molecule has 21 heavy (non-hydrogen) atoms. The molecule has 0 radical (unpaired) electrons. The van der Waals surface area contributed by atoms with Crippen molar-refractivity contribution >= 4 is 34.4 Å².